The van der Waals surface area contributed by atoms with E-state index in [-0.39, 0.29) is 25.6 Å². The minimum absolute atomic E-state index is 0.0645. The zero-order chi connectivity index (χ0) is 15.1. The van der Waals surface area contributed by atoms with Crippen molar-refractivity contribution in [1.82, 2.24) is 15.0 Å². The van der Waals surface area contributed by atoms with Crippen LogP contribution in [0.15, 0.2) is 4.52 Å². The molecule has 0 amide bonds. The molecule has 0 aliphatic carbocycles. The second kappa shape index (κ2) is 7.59. The predicted molar refractivity (Wildman–Crippen MR) is 67.7 cm³/mol. The van der Waals surface area contributed by atoms with Crippen molar-refractivity contribution in [1.29, 1.82) is 0 Å². The van der Waals surface area contributed by atoms with E-state index in [9.17, 15) is 9.59 Å². The van der Waals surface area contributed by atoms with Crippen molar-refractivity contribution < 1.29 is 23.6 Å². The van der Waals surface area contributed by atoms with Crippen molar-refractivity contribution in [3.63, 3.8) is 0 Å². The lowest BCUT2D eigenvalue weighted by molar-refractivity contribution is -0.145. The zero-order valence-corrected chi connectivity index (χ0v) is 12.1. The van der Waals surface area contributed by atoms with E-state index in [2.05, 4.69) is 19.6 Å². The van der Waals surface area contributed by atoms with E-state index in [1.54, 1.807) is 0 Å². The number of hydrogen-bond acceptors (Lipinski definition) is 8. The van der Waals surface area contributed by atoms with E-state index in [0.717, 1.165) is 0 Å². The molecular formula is C12H19N3O5. The Morgan fingerprint density at radius 2 is 1.75 bits per heavy atom. The Morgan fingerprint density at radius 3 is 2.15 bits per heavy atom. The standard InChI is InChI=1S/C12H19N3O5/c1-8(2)12-13-9(20-14-12)5-15(6-10(16)18-3)7-11(17)19-4/h8H,5-7H2,1-4H3. The van der Waals surface area contributed by atoms with Gasteiger partial charge in [0.1, 0.15) is 0 Å². The Bertz CT molecular complexity index is 440. The summed E-state index contributed by atoms with van der Waals surface area (Å²) >= 11 is 0. The van der Waals surface area contributed by atoms with Crippen LogP contribution in [0.1, 0.15) is 31.5 Å². The van der Waals surface area contributed by atoms with Gasteiger partial charge in [-0.2, -0.15) is 4.98 Å². The van der Waals surface area contributed by atoms with Crippen LogP contribution in [-0.4, -0.2) is 54.3 Å². The molecule has 1 heterocycles. The molecule has 0 atom stereocenters. The maximum absolute atomic E-state index is 11.3. The Balaban J connectivity index is 2.71. The number of carbonyl (C=O) groups excluding carboxylic acids is 2. The predicted octanol–water partition coefficient (Wildman–Crippen LogP) is 0.341. The number of hydrogen-bond donors (Lipinski definition) is 0. The van der Waals surface area contributed by atoms with Gasteiger partial charge < -0.3 is 14.0 Å². The van der Waals surface area contributed by atoms with Gasteiger partial charge in [-0.3, -0.25) is 14.5 Å². The zero-order valence-electron chi connectivity index (χ0n) is 12.1. The van der Waals surface area contributed by atoms with E-state index in [1.165, 1.54) is 19.1 Å². The van der Waals surface area contributed by atoms with Crippen LogP contribution in [0.4, 0.5) is 0 Å². The molecule has 0 aliphatic rings. The van der Waals surface area contributed by atoms with Crippen molar-refractivity contribution in [2.24, 2.45) is 0 Å². The summed E-state index contributed by atoms with van der Waals surface area (Å²) in [7, 11) is 2.56. The normalized spacial score (nSPS) is 10.9. The molecule has 0 saturated heterocycles. The van der Waals surface area contributed by atoms with Gasteiger partial charge in [0.05, 0.1) is 33.9 Å². The molecule has 0 aromatic carbocycles. The van der Waals surface area contributed by atoms with Gasteiger partial charge in [-0.15, -0.1) is 0 Å². The van der Waals surface area contributed by atoms with Gasteiger partial charge >= 0.3 is 11.9 Å². The van der Waals surface area contributed by atoms with Crippen molar-refractivity contribution in [2.75, 3.05) is 27.3 Å². The average Bonchev–Trinajstić information content (AvgIpc) is 2.86. The minimum Gasteiger partial charge on any atom is -0.468 e. The molecule has 0 spiro atoms. The molecule has 0 bridgehead atoms. The first-order valence-corrected chi connectivity index (χ1v) is 6.14. The van der Waals surface area contributed by atoms with Gasteiger partial charge in [0.15, 0.2) is 5.82 Å². The van der Waals surface area contributed by atoms with Gasteiger partial charge in [0.2, 0.25) is 5.89 Å². The fourth-order valence-corrected chi connectivity index (χ4v) is 1.42. The second-order valence-electron chi connectivity index (χ2n) is 4.50. The summed E-state index contributed by atoms with van der Waals surface area (Å²) in [5.41, 5.74) is 0. The molecule has 0 radical (unpaired) electrons. The Hall–Kier alpha value is -1.96. The summed E-state index contributed by atoms with van der Waals surface area (Å²) in [6.45, 7) is 3.92. The number of methoxy groups -OCH3 is 2. The smallest absolute Gasteiger partial charge is 0.319 e. The Labute approximate surface area is 117 Å². The van der Waals surface area contributed by atoms with Crippen molar-refractivity contribution in [2.45, 2.75) is 26.3 Å². The van der Waals surface area contributed by atoms with Gasteiger partial charge in [-0.25, -0.2) is 0 Å². The van der Waals surface area contributed by atoms with Gasteiger partial charge in [0.25, 0.3) is 0 Å². The van der Waals surface area contributed by atoms with E-state index < -0.39 is 11.9 Å². The minimum atomic E-state index is -0.461. The number of rotatable bonds is 7. The highest BCUT2D eigenvalue weighted by molar-refractivity contribution is 5.74. The number of ether oxygens (including phenoxy) is 2. The second-order valence-corrected chi connectivity index (χ2v) is 4.50. The lowest BCUT2D eigenvalue weighted by Crippen LogP contribution is -2.35. The Kier molecular flexibility index (Phi) is 6.10. The number of carbonyl (C=O) groups is 2. The van der Waals surface area contributed by atoms with Crippen LogP contribution in [0.5, 0.6) is 0 Å². The molecule has 1 aromatic rings. The lowest BCUT2D eigenvalue weighted by atomic mass is 10.2. The van der Waals surface area contributed by atoms with Gasteiger partial charge in [0, 0.05) is 5.92 Å². The molecule has 0 aliphatic heterocycles. The fourth-order valence-electron chi connectivity index (χ4n) is 1.42. The van der Waals surface area contributed by atoms with Gasteiger partial charge in [-0.05, 0) is 0 Å². The highest BCUT2D eigenvalue weighted by Gasteiger charge is 2.19. The molecule has 20 heavy (non-hydrogen) atoms. The van der Waals surface area contributed by atoms with Crippen LogP contribution >= 0.6 is 0 Å². The molecule has 8 nitrogen and oxygen atoms in total. The summed E-state index contributed by atoms with van der Waals surface area (Å²) in [4.78, 5) is 28.3. The summed E-state index contributed by atoms with van der Waals surface area (Å²) in [5.74, 6) is 0.134. The third kappa shape index (κ3) is 4.96. The molecule has 1 rings (SSSR count). The van der Waals surface area contributed by atoms with Crippen LogP contribution in [0, 0.1) is 0 Å². The van der Waals surface area contributed by atoms with Gasteiger partial charge in [-0.1, -0.05) is 19.0 Å². The highest BCUT2D eigenvalue weighted by atomic mass is 16.5. The highest BCUT2D eigenvalue weighted by Crippen LogP contribution is 2.11. The molecule has 112 valence electrons. The summed E-state index contributed by atoms with van der Waals surface area (Å²) < 4.78 is 14.2. The van der Waals surface area contributed by atoms with Crippen molar-refractivity contribution in [3.8, 4) is 0 Å². The third-order valence-corrected chi connectivity index (χ3v) is 2.52. The maximum atomic E-state index is 11.3. The number of aromatic nitrogens is 2. The monoisotopic (exact) mass is 285 g/mol. The molecule has 0 N–H and O–H groups in total. The molecule has 0 unspecified atom stereocenters. The van der Waals surface area contributed by atoms with Crippen LogP contribution in [0.3, 0.4) is 0 Å². The van der Waals surface area contributed by atoms with Crippen molar-refractivity contribution in [3.05, 3.63) is 11.7 Å². The maximum Gasteiger partial charge on any atom is 0.319 e. The lowest BCUT2D eigenvalue weighted by Gasteiger charge is -2.17. The fraction of sp³-hybridized carbons (Fsp3) is 0.667. The third-order valence-electron chi connectivity index (χ3n) is 2.52. The van der Waals surface area contributed by atoms with E-state index >= 15 is 0 Å². The first-order chi connectivity index (χ1) is 9.46. The summed E-state index contributed by atoms with van der Waals surface area (Å²) in [6, 6.07) is 0. The first-order valence-electron chi connectivity index (χ1n) is 6.14. The molecule has 0 saturated carbocycles. The quantitative estimate of drug-likeness (QED) is 0.662. The summed E-state index contributed by atoms with van der Waals surface area (Å²) in [6.07, 6.45) is 0. The summed E-state index contributed by atoms with van der Waals surface area (Å²) in [5, 5.41) is 3.82. The van der Waals surface area contributed by atoms with Crippen LogP contribution in [0.2, 0.25) is 0 Å². The van der Waals surface area contributed by atoms with E-state index in [4.69, 9.17) is 4.52 Å². The van der Waals surface area contributed by atoms with Crippen LogP contribution in [0.25, 0.3) is 0 Å². The first kappa shape index (κ1) is 16.1. The van der Waals surface area contributed by atoms with E-state index in [1.807, 2.05) is 13.8 Å². The Morgan fingerprint density at radius 1 is 1.20 bits per heavy atom. The number of nitrogens with zero attached hydrogens (tertiary/aromatic N) is 3. The molecule has 1 aromatic heterocycles. The van der Waals surface area contributed by atoms with E-state index in [0.29, 0.717) is 11.7 Å². The molecule has 8 heteroatoms. The number of esters is 2. The topological polar surface area (TPSA) is 94.8 Å². The average molecular weight is 285 g/mol. The molecule has 0 fully saturated rings. The largest absolute Gasteiger partial charge is 0.468 e. The molecular weight excluding hydrogens is 266 g/mol. The van der Waals surface area contributed by atoms with Crippen molar-refractivity contribution >= 4 is 11.9 Å². The van der Waals surface area contributed by atoms with Crippen LogP contribution < -0.4 is 0 Å². The SMILES string of the molecule is COC(=O)CN(CC(=O)OC)Cc1nc(C(C)C)no1. The van der Waals surface area contributed by atoms with Crippen LogP contribution in [-0.2, 0) is 25.6 Å².